The van der Waals surface area contributed by atoms with E-state index in [9.17, 15) is 13.2 Å². The van der Waals surface area contributed by atoms with Gasteiger partial charge in [0.05, 0.1) is 24.2 Å². The number of hydrogen-bond acceptors (Lipinski definition) is 5. The van der Waals surface area contributed by atoms with E-state index in [1.54, 1.807) is 24.3 Å². The largest absolute Gasteiger partial charge is 0.490 e. The van der Waals surface area contributed by atoms with Crippen LogP contribution in [0.1, 0.15) is 42.9 Å². The van der Waals surface area contributed by atoms with Crippen molar-refractivity contribution in [1.82, 2.24) is 9.62 Å². The van der Waals surface area contributed by atoms with Crippen LogP contribution in [0.15, 0.2) is 47.4 Å². The molecular formula is C23H28N2O5S. The molecule has 2 aliphatic rings. The Morgan fingerprint density at radius 1 is 1.06 bits per heavy atom. The Bertz CT molecular complexity index is 1040. The molecule has 1 fully saturated rings. The van der Waals surface area contributed by atoms with E-state index >= 15 is 0 Å². The lowest BCUT2D eigenvalue weighted by Crippen LogP contribution is -2.34. The molecule has 2 aromatic carbocycles. The maximum atomic E-state index is 12.9. The molecule has 8 heteroatoms. The first-order chi connectivity index (χ1) is 14.9. The number of carbonyl (C=O) groups excluding carboxylic acids is 1. The van der Waals surface area contributed by atoms with Crippen LogP contribution in [0.25, 0.3) is 0 Å². The monoisotopic (exact) mass is 444 g/mol. The second-order valence-corrected chi connectivity index (χ2v) is 9.73. The highest BCUT2D eigenvalue weighted by atomic mass is 32.2. The number of hydrogen-bond donors (Lipinski definition) is 1. The van der Waals surface area contributed by atoms with Crippen molar-refractivity contribution in [1.29, 1.82) is 0 Å². The number of ether oxygens (including phenoxy) is 2. The molecule has 1 unspecified atom stereocenters. The highest BCUT2D eigenvalue weighted by molar-refractivity contribution is 7.89. The van der Waals surface area contributed by atoms with Crippen molar-refractivity contribution in [2.45, 2.75) is 43.5 Å². The topological polar surface area (TPSA) is 84.9 Å². The molecule has 0 spiro atoms. The number of sulfonamides is 1. The number of nitrogens with one attached hydrogen (secondary N) is 1. The fourth-order valence-electron chi connectivity index (χ4n) is 4.04. The third-order valence-corrected chi connectivity index (χ3v) is 7.17. The molecule has 0 bridgehead atoms. The highest BCUT2D eigenvalue weighted by Crippen LogP contribution is 2.38. The second-order valence-electron chi connectivity index (χ2n) is 7.96. The van der Waals surface area contributed by atoms with Gasteiger partial charge in [-0.15, -0.1) is 0 Å². The lowest BCUT2D eigenvalue weighted by atomic mass is 10.0. The summed E-state index contributed by atoms with van der Waals surface area (Å²) in [7, 11) is -3.63. The fourth-order valence-corrected chi connectivity index (χ4v) is 5.07. The third kappa shape index (κ3) is 5.02. The summed E-state index contributed by atoms with van der Waals surface area (Å²) < 4.78 is 38.9. The van der Waals surface area contributed by atoms with Crippen molar-refractivity contribution in [3.05, 3.63) is 53.6 Å². The van der Waals surface area contributed by atoms with Crippen LogP contribution < -0.4 is 14.2 Å². The van der Waals surface area contributed by atoms with Gasteiger partial charge in [0.2, 0.25) is 15.9 Å². The van der Waals surface area contributed by atoms with Gasteiger partial charge in [-0.3, -0.25) is 4.79 Å². The van der Waals surface area contributed by atoms with Crippen LogP contribution in [0.3, 0.4) is 0 Å². The zero-order chi connectivity index (χ0) is 21.8. The SMILES string of the molecule is Cc1ccc(S(=O)(=O)NCCC(=O)N2CCCC2c2ccc3c(c2)OCCCO3)cc1. The van der Waals surface area contributed by atoms with E-state index in [-0.39, 0.29) is 29.8 Å². The van der Waals surface area contributed by atoms with Crippen molar-refractivity contribution >= 4 is 15.9 Å². The summed E-state index contributed by atoms with van der Waals surface area (Å²) in [6, 6.07) is 12.5. The molecule has 0 aromatic heterocycles. The first-order valence-corrected chi connectivity index (χ1v) is 12.2. The Kier molecular flexibility index (Phi) is 6.48. The van der Waals surface area contributed by atoms with E-state index in [0.717, 1.165) is 41.9 Å². The Labute approximate surface area is 183 Å². The summed E-state index contributed by atoms with van der Waals surface area (Å²) in [4.78, 5) is 14.9. The predicted molar refractivity (Wildman–Crippen MR) is 117 cm³/mol. The molecule has 4 rings (SSSR count). The fraction of sp³-hybridized carbons (Fsp3) is 0.435. The molecule has 1 atom stereocenters. The smallest absolute Gasteiger partial charge is 0.240 e. The van der Waals surface area contributed by atoms with Gasteiger partial charge in [0.1, 0.15) is 0 Å². The van der Waals surface area contributed by atoms with Crippen molar-refractivity contribution in [2.75, 3.05) is 26.3 Å². The van der Waals surface area contributed by atoms with Gasteiger partial charge in [-0.1, -0.05) is 23.8 Å². The maximum Gasteiger partial charge on any atom is 0.240 e. The molecule has 0 aliphatic carbocycles. The lowest BCUT2D eigenvalue weighted by Gasteiger charge is -2.26. The summed E-state index contributed by atoms with van der Waals surface area (Å²) in [5, 5.41) is 0. The maximum absolute atomic E-state index is 12.9. The number of nitrogens with zero attached hydrogens (tertiary/aromatic N) is 1. The van der Waals surface area contributed by atoms with E-state index in [1.807, 2.05) is 30.0 Å². The van der Waals surface area contributed by atoms with Crippen LogP contribution in [0.5, 0.6) is 11.5 Å². The first-order valence-electron chi connectivity index (χ1n) is 10.7. The summed E-state index contributed by atoms with van der Waals surface area (Å²) in [5.74, 6) is 1.41. The van der Waals surface area contributed by atoms with E-state index in [1.165, 1.54) is 0 Å². The number of amides is 1. The number of aryl methyl sites for hydroxylation is 1. The Morgan fingerprint density at radius 3 is 2.58 bits per heavy atom. The summed E-state index contributed by atoms with van der Waals surface area (Å²) in [6.45, 7) is 3.89. The zero-order valence-corrected chi connectivity index (χ0v) is 18.5. The molecular weight excluding hydrogens is 416 g/mol. The van der Waals surface area contributed by atoms with E-state index in [2.05, 4.69) is 4.72 Å². The number of carbonyl (C=O) groups is 1. The van der Waals surface area contributed by atoms with Crippen LogP contribution in [-0.4, -0.2) is 45.5 Å². The van der Waals surface area contributed by atoms with Crippen molar-refractivity contribution in [3.63, 3.8) is 0 Å². The lowest BCUT2D eigenvalue weighted by molar-refractivity contribution is -0.131. The second kappa shape index (κ2) is 9.28. The Balaban J connectivity index is 1.38. The number of benzene rings is 2. The van der Waals surface area contributed by atoms with Gasteiger partial charge >= 0.3 is 0 Å². The molecule has 0 saturated carbocycles. The van der Waals surface area contributed by atoms with Gasteiger partial charge in [-0.2, -0.15) is 0 Å². The molecule has 7 nitrogen and oxygen atoms in total. The van der Waals surface area contributed by atoms with Crippen LogP contribution in [0.2, 0.25) is 0 Å². The third-order valence-electron chi connectivity index (χ3n) is 5.69. The number of likely N-dealkylation sites (tertiary alicyclic amines) is 1. The average molecular weight is 445 g/mol. The zero-order valence-electron chi connectivity index (χ0n) is 17.7. The standard InChI is InChI=1S/C23H28N2O5S/c1-17-5-8-19(9-6-17)31(27,28)24-12-11-23(26)25-13-2-4-20(25)18-7-10-21-22(16-18)30-15-3-14-29-21/h5-10,16,20,24H,2-4,11-15H2,1H3. The Morgan fingerprint density at radius 2 is 1.81 bits per heavy atom. The van der Waals surface area contributed by atoms with Gasteiger partial charge in [0, 0.05) is 25.9 Å². The molecule has 2 heterocycles. The van der Waals surface area contributed by atoms with Crippen molar-refractivity contribution in [2.24, 2.45) is 0 Å². The highest BCUT2D eigenvalue weighted by Gasteiger charge is 2.30. The van der Waals surface area contributed by atoms with Crippen LogP contribution in [-0.2, 0) is 14.8 Å². The quantitative estimate of drug-likeness (QED) is 0.740. The Hall–Kier alpha value is -2.58. The molecule has 2 aliphatic heterocycles. The molecule has 1 N–H and O–H groups in total. The molecule has 1 saturated heterocycles. The van der Waals surface area contributed by atoms with E-state index in [4.69, 9.17) is 9.47 Å². The normalized spacial score (nSPS) is 18.6. The van der Waals surface area contributed by atoms with Gasteiger partial charge in [-0.25, -0.2) is 13.1 Å². The predicted octanol–water partition coefficient (Wildman–Crippen LogP) is 3.19. The van der Waals surface area contributed by atoms with Crippen LogP contribution in [0, 0.1) is 6.92 Å². The molecule has 0 radical (unpaired) electrons. The van der Waals surface area contributed by atoms with Crippen molar-refractivity contribution < 1.29 is 22.7 Å². The minimum atomic E-state index is -3.63. The molecule has 166 valence electrons. The van der Waals surface area contributed by atoms with Crippen molar-refractivity contribution in [3.8, 4) is 11.5 Å². The van der Waals surface area contributed by atoms with Gasteiger partial charge < -0.3 is 14.4 Å². The molecule has 31 heavy (non-hydrogen) atoms. The van der Waals surface area contributed by atoms with Gasteiger partial charge in [0.25, 0.3) is 0 Å². The average Bonchev–Trinajstić information content (AvgIpc) is 3.13. The minimum Gasteiger partial charge on any atom is -0.490 e. The summed E-state index contributed by atoms with van der Waals surface area (Å²) >= 11 is 0. The molecule has 2 aromatic rings. The van der Waals surface area contributed by atoms with E-state index in [0.29, 0.717) is 19.8 Å². The van der Waals surface area contributed by atoms with Gasteiger partial charge in [0.15, 0.2) is 11.5 Å². The van der Waals surface area contributed by atoms with Gasteiger partial charge in [-0.05, 0) is 49.6 Å². The number of rotatable bonds is 6. The van der Waals surface area contributed by atoms with Crippen LogP contribution in [0.4, 0.5) is 0 Å². The first kappa shape index (κ1) is 21.6. The van der Waals surface area contributed by atoms with E-state index < -0.39 is 10.0 Å². The summed E-state index contributed by atoms with van der Waals surface area (Å²) in [5.41, 5.74) is 2.01. The van der Waals surface area contributed by atoms with Crippen LogP contribution >= 0.6 is 0 Å². The molecule has 1 amide bonds. The minimum absolute atomic E-state index is 0.0293. The summed E-state index contributed by atoms with van der Waals surface area (Å²) in [6.07, 6.45) is 2.75. The number of fused-ring (bicyclic) bond motifs is 1.